The van der Waals surface area contributed by atoms with Gasteiger partial charge in [-0.15, -0.1) is 13.2 Å². The van der Waals surface area contributed by atoms with E-state index in [0.29, 0.717) is 30.2 Å². The summed E-state index contributed by atoms with van der Waals surface area (Å²) in [4.78, 5) is 0. The molecule has 4 rings (SSSR count). The van der Waals surface area contributed by atoms with Gasteiger partial charge in [0.2, 0.25) is 0 Å². The number of hydrogen-bond donors (Lipinski definition) is 0. The zero-order chi connectivity index (χ0) is 29.9. The molecule has 2 nitrogen and oxygen atoms in total. The van der Waals surface area contributed by atoms with Crippen LogP contribution in [-0.2, 0) is 15.6 Å². The zero-order valence-electron chi connectivity index (χ0n) is 22.4. The molecule has 0 radical (unpaired) electrons. The van der Waals surface area contributed by atoms with Gasteiger partial charge in [-0.1, -0.05) is 12.2 Å². The fourth-order valence-electron chi connectivity index (χ4n) is 6.04. The Morgan fingerprint density at radius 2 is 1.44 bits per heavy atom. The first-order valence-corrected chi connectivity index (χ1v) is 13.6. The van der Waals surface area contributed by atoms with Crippen LogP contribution in [0.4, 0.5) is 39.5 Å². The number of rotatable bonds is 8. The Balaban J connectivity index is 1.43. The van der Waals surface area contributed by atoms with Crippen LogP contribution in [0.1, 0.15) is 75.3 Å². The molecule has 2 aromatic rings. The molecule has 0 bridgehead atoms. The van der Waals surface area contributed by atoms with Crippen LogP contribution in [0.2, 0.25) is 0 Å². The molecule has 1 aliphatic heterocycles. The summed E-state index contributed by atoms with van der Waals surface area (Å²) in [6.07, 6.45) is 0.233. The smallest absolute Gasteiger partial charge is 0.378 e. The van der Waals surface area contributed by atoms with E-state index in [9.17, 15) is 30.7 Å². The molecule has 1 saturated carbocycles. The Morgan fingerprint density at radius 3 is 1.95 bits per heavy atom. The number of halogens is 9. The van der Waals surface area contributed by atoms with Gasteiger partial charge in [-0.3, -0.25) is 0 Å². The van der Waals surface area contributed by atoms with Crippen molar-refractivity contribution in [3.63, 3.8) is 0 Å². The fraction of sp³-hybridized carbons (Fsp3) is 0.533. The zero-order valence-corrected chi connectivity index (χ0v) is 22.4. The molecule has 1 saturated heterocycles. The summed E-state index contributed by atoms with van der Waals surface area (Å²) < 4.78 is 132. The summed E-state index contributed by atoms with van der Waals surface area (Å²) in [5.74, 6) is -5.91. The average molecular weight is 595 g/mol. The lowest BCUT2D eigenvalue weighted by Gasteiger charge is -2.38. The lowest BCUT2D eigenvalue weighted by molar-refractivity contribution is -0.432. The molecule has 1 aliphatic carbocycles. The minimum Gasteiger partial charge on any atom is -0.378 e. The molecular formula is C30H31F9O2. The monoisotopic (exact) mass is 594 g/mol. The summed E-state index contributed by atoms with van der Waals surface area (Å²) in [7, 11) is 0. The summed E-state index contributed by atoms with van der Waals surface area (Å²) in [5.41, 5.74) is -3.63. The molecule has 41 heavy (non-hydrogen) atoms. The third-order valence-corrected chi connectivity index (χ3v) is 8.08. The van der Waals surface area contributed by atoms with Crippen LogP contribution in [-0.4, -0.2) is 19.1 Å². The highest BCUT2D eigenvalue weighted by Gasteiger charge is 2.49. The lowest BCUT2D eigenvalue weighted by atomic mass is 9.74. The van der Waals surface area contributed by atoms with E-state index in [0.717, 1.165) is 57.3 Å². The summed E-state index contributed by atoms with van der Waals surface area (Å²) in [6.45, 7) is 2.73. The molecule has 0 aromatic heterocycles. The van der Waals surface area contributed by atoms with Crippen molar-refractivity contribution in [3.8, 4) is 11.1 Å². The second kappa shape index (κ2) is 12.8. The van der Waals surface area contributed by atoms with E-state index in [2.05, 4.69) is 10.8 Å². The molecule has 226 valence electrons. The maximum atomic E-state index is 15.1. The first kappa shape index (κ1) is 31.4. The molecule has 0 N–H and O–H groups in total. The second-order valence-electron chi connectivity index (χ2n) is 10.8. The Kier molecular flexibility index (Phi) is 9.78. The predicted molar refractivity (Wildman–Crippen MR) is 134 cm³/mol. The largest absolute Gasteiger partial charge is 0.527 e. The third-order valence-electron chi connectivity index (χ3n) is 8.08. The SMILES string of the molecule is C/C=C/CCC1CCC(C2CCC(c3cc(F)c(-c4cc(F)c(C(F)(F)OC(F)(F)F)c(F)c4)c(F)c3)CC2)OC1. The summed E-state index contributed by atoms with van der Waals surface area (Å²) in [5, 5.41) is 0. The highest BCUT2D eigenvalue weighted by Crippen LogP contribution is 2.43. The quantitative estimate of drug-likeness (QED) is 0.224. The van der Waals surface area contributed by atoms with Crippen molar-refractivity contribution in [1.29, 1.82) is 0 Å². The average Bonchev–Trinajstić information content (AvgIpc) is 2.87. The van der Waals surface area contributed by atoms with E-state index in [4.69, 9.17) is 4.74 Å². The molecule has 1 heterocycles. The van der Waals surface area contributed by atoms with E-state index in [1.165, 1.54) is 0 Å². The predicted octanol–water partition coefficient (Wildman–Crippen LogP) is 9.92. The Bertz CT molecular complexity index is 1180. The molecule has 2 fully saturated rings. The molecule has 0 spiro atoms. The first-order chi connectivity index (χ1) is 19.3. The summed E-state index contributed by atoms with van der Waals surface area (Å²) >= 11 is 0. The molecule has 2 atom stereocenters. The number of alkyl halides is 5. The maximum Gasteiger partial charge on any atom is 0.527 e. The van der Waals surface area contributed by atoms with E-state index in [1.807, 2.05) is 13.0 Å². The molecule has 0 amide bonds. The van der Waals surface area contributed by atoms with Gasteiger partial charge in [0.1, 0.15) is 28.8 Å². The standard InChI is InChI=1S/C30H31F9O2/c1-2-3-4-5-17-6-11-26(40-16-17)19-9-7-18(8-10-19)20-12-22(31)27(23(32)13-20)21-14-24(33)28(25(34)15-21)29(35,36)41-30(37,38)39/h2-3,12-15,17-19,26H,4-11,16H2,1H3/b3-2+. The van der Waals surface area contributed by atoms with Gasteiger partial charge in [-0.2, -0.15) is 8.78 Å². The van der Waals surface area contributed by atoms with E-state index >= 15 is 8.78 Å². The van der Waals surface area contributed by atoms with Crippen molar-refractivity contribution in [2.24, 2.45) is 11.8 Å². The molecular weight excluding hydrogens is 563 g/mol. The normalized spacial score (nSPS) is 24.2. The van der Waals surface area contributed by atoms with Gasteiger partial charge in [0.15, 0.2) is 0 Å². The van der Waals surface area contributed by atoms with Gasteiger partial charge in [0, 0.05) is 6.61 Å². The van der Waals surface area contributed by atoms with Gasteiger partial charge in [0.25, 0.3) is 0 Å². The maximum absolute atomic E-state index is 15.1. The minimum atomic E-state index is -5.90. The van der Waals surface area contributed by atoms with Gasteiger partial charge in [0.05, 0.1) is 11.7 Å². The van der Waals surface area contributed by atoms with E-state index < -0.39 is 52.4 Å². The third kappa shape index (κ3) is 7.66. The topological polar surface area (TPSA) is 18.5 Å². The van der Waals surface area contributed by atoms with Gasteiger partial charge in [-0.05, 0) is 111 Å². The first-order valence-electron chi connectivity index (χ1n) is 13.6. The van der Waals surface area contributed by atoms with Crippen LogP contribution in [0.5, 0.6) is 0 Å². The Morgan fingerprint density at radius 1 is 0.829 bits per heavy atom. The van der Waals surface area contributed by atoms with Gasteiger partial charge in [-0.25, -0.2) is 22.3 Å². The summed E-state index contributed by atoms with van der Waals surface area (Å²) in [6, 6.07) is 2.38. The highest BCUT2D eigenvalue weighted by molar-refractivity contribution is 5.66. The lowest BCUT2D eigenvalue weighted by Crippen LogP contribution is -2.34. The van der Waals surface area contributed by atoms with Crippen molar-refractivity contribution in [2.45, 2.75) is 82.8 Å². The number of allylic oxidation sites excluding steroid dienone is 2. The minimum absolute atomic E-state index is 0.146. The van der Waals surface area contributed by atoms with Gasteiger partial charge >= 0.3 is 12.5 Å². The molecule has 2 unspecified atom stereocenters. The van der Waals surface area contributed by atoms with Gasteiger partial charge < -0.3 is 4.74 Å². The van der Waals surface area contributed by atoms with Crippen molar-refractivity contribution in [3.05, 3.63) is 70.8 Å². The van der Waals surface area contributed by atoms with Crippen molar-refractivity contribution >= 4 is 0 Å². The number of benzene rings is 2. The van der Waals surface area contributed by atoms with E-state index in [1.54, 1.807) is 0 Å². The van der Waals surface area contributed by atoms with Crippen molar-refractivity contribution in [2.75, 3.05) is 6.61 Å². The fourth-order valence-corrected chi connectivity index (χ4v) is 6.04. The highest BCUT2D eigenvalue weighted by atomic mass is 19.4. The van der Waals surface area contributed by atoms with Crippen LogP contribution < -0.4 is 0 Å². The second-order valence-corrected chi connectivity index (χ2v) is 10.8. The molecule has 2 aliphatic rings. The van der Waals surface area contributed by atoms with Crippen LogP contribution in [0.15, 0.2) is 36.4 Å². The van der Waals surface area contributed by atoms with Crippen LogP contribution in [0.3, 0.4) is 0 Å². The van der Waals surface area contributed by atoms with Crippen molar-refractivity contribution in [1.82, 2.24) is 0 Å². The molecule has 11 heteroatoms. The van der Waals surface area contributed by atoms with Crippen molar-refractivity contribution < 1.29 is 49.0 Å². The number of hydrogen-bond acceptors (Lipinski definition) is 2. The van der Waals surface area contributed by atoms with E-state index in [-0.39, 0.29) is 24.2 Å². The molecule has 2 aromatic carbocycles. The Labute approximate surface area is 232 Å². The van der Waals surface area contributed by atoms with Crippen LogP contribution in [0.25, 0.3) is 11.1 Å². The van der Waals surface area contributed by atoms with Crippen LogP contribution in [0, 0.1) is 35.1 Å². The van der Waals surface area contributed by atoms with Crippen LogP contribution >= 0.6 is 0 Å². The Hall–Kier alpha value is -2.53. The number of ether oxygens (including phenoxy) is 2.